The van der Waals surface area contributed by atoms with E-state index in [-0.39, 0.29) is 0 Å². The molecule has 0 aliphatic carbocycles. The molecule has 0 fully saturated rings. The van der Waals surface area contributed by atoms with E-state index in [1.54, 1.807) is 11.3 Å². The van der Waals surface area contributed by atoms with Gasteiger partial charge < -0.3 is 10.2 Å². The summed E-state index contributed by atoms with van der Waals surface area (Å²) in [7, 11) is 2.16. The van der Waals surface area contributed by atoms with Crippen molar-refractivity contribution in [3.63, 3.8) is 0 Å². The van der Waals surface area contributed by atoms with Gasteiger partial charge in [-0.1, -0.05) is 22.9 Å². The van der Waals surface area contributed by atoms with Crippen LogP contribution in [0.3, 0.4) is 0 Å². The van der Waals surface area contributed by atoms with Gasteiger partial charge in [0.15, 0.2) is 0 Å². The second kappa shape index (κ2) is 7.25. The van der Waals surface area contributed by atoms with Crippen LogP contribution < -0.4 is 10.2 Å². The Morgan fingerprint density at radius 2 is 2.15 bits per heavy atom. The fraction of sp³-hybridized carbons (Fsp3) is 0.375. The Kier molecular flexibility index (Phi) is 5.64. The Hall–Kier alpha value is -0.840. The number of nitrogens with zero attached hydrogens (tertiary/aromatic N) is 1. The van der Waals surface area contributed by atoms with Crippen molar-refractivity contribution in [2.24, 2.45) is 0 Å². The molecule has 1 N–H and O–H groups in total. The lowest BCUT2D eigenvalue weighted by Gasteiger charge is -2.25. The summed E-state index contributed by atoms with van der Waals surface area (Å²) in [5, 5.41) is 7.84. The molecule has 1 atom stereocenters. The van der Waals surface area contributed by atoms with E-state index in [1.807, 2.05) is 0 Å². The molecule has 1 aromatic carbocycles. The summed E-state index contributed by atoms with van der Waals surface area (Å²) in [6.45, 7) is 6.27. The van der Waals surface area contributed by atoms with Crippen LogP contribution >= 0.6 is 27.3 Å². The van der Waals surface area contributed by atoms with Crippen molar-refractivity contribution >= 4 is 33.0 Å². The van der Waals surface area contributed by atoms with Crippen molar-refractivity contribution in [1.82, 2.24) is 5.32 Å². The molecular formula is C16H21BrN2S. The van der Waals surface area contributed by atoms with Crippen LogP contribution in [0.5, 0.6) is 0 Å². The Labute approximate surface area is 133 Å². The fourth-order valence-corrected chi connectivity index (χ4v) is 3.42. The average molecular weight is 353 g/mol. The Morgan fingerprint density at radius 3 is 2.80 bits per heavy atom. The highest BCUT2D eigenvalue weighted by Gasteiger charge is 2.13. The third-order valence-electron chi connectivity index (χ3n) is 3.38. The highest BCUT2D eigenvalue weighted by Crippen LogP contribution is 2.30. The first-order chi connectivity index (χ1) is 9.61. The third-order valence-corrected chi connectivity index (χ3v) is 4.60. The van der Waals surface area contributed by atoms with Gasteiger partial charge >= 0.3 is 0 Å². The summed E-state index contributed by atoms with van der Waals surface area (Å²) >= 11 is 5.33. The van der Waals surface area contributed by atoms with E-state index in [0.717, 1.165) is 17.6 Å². The van der Waals surface area contributed by atoms with Gasteiger partial charge in [-0.2, -0.15) is 11.3 Å². The van der Waals surface area contributed by atoms with E-state index < -0.39 is 0 Å². The highest BCUT2D eigenvalue weighted by atomic mass is 79.9. The SMILES string of the molecule is CCNC(C)c1cc(Br)ccc1N(C)Cc1ccsc1. The lowest BCUT2D eigenvalue weighted by atomic mass is 10.0. The summed E-state index contributed by atoms with van der Waals surface area (Å²) in [6, 6.07) is 9.05. The predicted octanol–water partition coefficient (Wildman–Crippen LogP) is 4.82. The maximum Gasteiger partial charge on any atom is 0.0434 e. The first-order valence-electron chi connectivity index (χ1n) is 6.87. The second-order valence-corrected chi connectivity index (χ2v) is 6.67. The number of thiophene rings is 1. The topological polar surface area (TPSA) is 15.3 Å². The molecule has 4 heteroatoms. The summed E-state index contributed by atoms with van der Waals surface area (Å²) in [4.78, 5) is 2.32. The summed E-state index contributed by atoms with van der Waals surface area (Å²) < 4.78 is 1.13. The molecule has 2 rings (SSSR count). The number of anilines is 1. The van der Waals surface area contributed by atoms with Gasteiger partial charge in [-0.15, -0.1) is 0 Å². The fourth-order valence-electron chi connectivity index (χ4n) is 2.38. The zero-order valence-corrected chi connectivity index (χ0v) is 14.6. The van der Waals surface area contributed by atoms with Crippen LogP contribution in [0.25, 0.3) is 0 Å². The predicted molar refractivity (Wildman–Crippen MR) is 92.7 cm³/mol. The average Bonchev–Trinajstić information content (AvgIpc) is 2.91. The van der Waals surface area contributed by atoms with Crippen LogP contribution in [0.4, 0.5) is 5.69 Å². The quantitative estimate of drug-likeness (QED) is 0.801. The molecule has 2 nitrogen and oxygen atoms in total. The zero-order valence-electron chi connectivity index (χ0n) is 12.2. The number of rotatable bonds is 6. The van der Waals surface area contributed by atoms with Gasteiger partial charge in [0.05, 0.1) is 0 Å². The normalized spacial score (nSPS) is 12.4. The van der Waals surface area contributed by atoms with Crippen molar-refractivity contribution in [2.45, 2.75) is 26.4 Å². The molecule has 0 aliphatic rings. The second-order valence-electron chi connectivity index (χ2n) is 4.97. The van der Waals surface area contributed by atoms with E-state index in [1.165, 1.54) is 16.8 Å². The molecule has 108 valence electrons. The molecule has 1 heterocycles. The third kappa shape index (κ3) is 3.84. The van der Waals surface area contributed by atoms with Gasteiger partial charge in [-0.25, -0.2) is 0 Å². The summed E-state index contributed by atoms with van der Waals surface area (Å²) in [6.07, 6.45) is 0. The van der Waals surface area contributed by atoms with E-state index in [2.05, 4.69) is 82.1 Å². The molecule has 20 heavy (non-hydrogen) atoms. The first-order valence-corrected chi connectivity index (χ1v) is 8.60. The van der Waals surface area contributed by atoms with E-state index in [9.17, 15) is 0 Å². The molecule has 1 unspecified atom stereocenters. The number of hydrogen-bond acceptors (Lipinski definition) is 3. The van der Waals surface area contributed by atoms with E-state index >= 15 is 0 Å². The van der Waals surface area contributed by atoms with Gasteiger partial charge in [0.2, 0.25) is 0 Å². The Balaban J connectivity index is 2.25. The summed E-state index contributed by atoms with van der Waals surface area (Å²) in [5.41, 5.74) is 3.98. The van der Waals surface area contributed by atoms with Crippen LogP contribution in [0.2, 0.25) is 0 Å². The smallest absolute Gasteiger partial charge is 0.0434 e. The Morgan fingerprint density at radius 1 is 1.35 bits per heavy atom. The van der Waals surface area contributed by atoms with Gasteiger partial charge in [0.25, 0.3) is 0 Å². The lowest BCUT2D eigenvalue weighted by molar-refractivity contribution is 0.596. The molecule has 0 radical (unpaired) electrons. The number of nitrogens with one attached hydrogen (secondary N) is 1. The summed E-state index contributed by atoms with van der Waals surface area (Å²) in [5.74, 6) is 0. The van der Waals surface area contributed by atoms with Crippen LogP contribution in [0.15, 0.2) is 39.5 Å². The molecule has 1 aromatic heterocycles. The van der Waals surface area contributed by atoms with Crippen molar-refractivity contribution in [3.8, 4) is 0 Å². The van der Waals surface area contributed by atoms with Crippen molar-refractivity contribution in [3.05, 3.63) is 50.6 Å². The standard InChI is InChI=1S/C16H21BrN2S/c1-4-18-12(2)15-9-14(17)5-6-16(15)19(3)10-13-7-8-20-11-13/h5-9,11-12,18H,4,10H2,1-3H3. The van der Waals surface area contributed by atoms with E-state index in [4.69, 9.17) is 0 Å². The van der Waals surface area contributed by atoms with E-state index in [0.29, 0.717) is 6.04 Å². The molecule has 2 aromatic rings. The lowest BCUT2D eigenvalue weighted by Crippen LogP contribution is -2.23. The molecular weight excluding hydrogens is 332 g/mol. The van der Waals surface area contributed by atoms with Crippen molar-refractivity contribution < 1.29 is 0 Å². The zero-order chi connectivity index (χ0) is 14.5. The van der Waals surface area contributed by atoms with Crippen molar-refractivity contribution in [1.29, 1.82) is 0 Å². The number of benzene rings is 1. The molecule has 0 bridgehead atoms. The maximum absolute atomic E-state index is 3.58. The minimum Gasteiger partial charge on any atom is -0.370 e. The Bertz CT molecular complexity index is 539. The molecule has 0 amide bonds. The minimum atomic E-state index is 0.345. The monoisotopic (exact) mass is 352 g/mol. The van der Waals surface area contributed by atoms with Gasteiger partial charge in [-0.05, 0) is 59.6 Å². The van der Waals surface area contributed by atoms with Crippen LogP contribution in [0.1, 0.15) is 31.0 Å². The minimum absolute atomic E-state index is 0.345. The van der Waals surface area contributed by atoms with Crippen LogP contribution in [-0.4, -0.2) is 13.6 Å². The highest BCUT2D eigenvalue weighted by molar-refractivity contribution is 9.10. The number of hydrogen-bond donors (Lipinski definition) is 1. The van der Waals surface area contributed by atoms with Gasteiger partial charge in [0.1, 0.15) is 0 Å². The van der Waals surface area contributed by atoms with Crippen LogP contribution in [0, 0.1) is 0 Å². The largest absolute Gasteiger partial charge is 0.370 e. The first kappa shape index (κ1) is 15.5. The van der Waals surface area contributed by atoms with Gasteiger partial charge in [-0.3, -0.25) is 0 Å². The number of halogens is 1. The van der Waals surface area contributed by atoms with Crippen LogP contribution in [-0.2, 0) is 6.54 Å². The van der Waals surface area contributed by atoms with Crippen molar-refractivity contribution in [2.75, 3.05) is 18.5 Å². The molecule has 0 spiro atoms. The maximum atomic E-state index is 3.58. The molecule has 0 saturated carbocycles. The van der Waals surface area contributed by atoms with Gasteiger partial charge in [0, 0.05) is 29.8 Å². The molecule has 0 saturated heterocycles. The molecule has 0 aliphatic heterocycles.